The number of anilines is 1. The number of piperazine rings is 1. The number of pyridine rings is 1. The summed E-state index contributed by atoms with van der Waals surface area (Å²) in [5.41, 5.74) is 0.635. The highest BCUT2D eigenvalue weighted by Gasteiger charge is 2.30. The van der Waals surface area contributed by atoms with Gasteiger partial charge in [-0.25, -0.2) is 4.98 Å². The molecule has 3 heterocycles. The first-order chi connectivity index (χ1) is 12.1. The molecular weight excluding hydrogens is 314 g/mol. The Morgan fingerprint density at radius 3 is 2.56 bits per heavy atom. The first-order valence-corrected chi connectivity index (χ1v) is 9.22. The molecule has 0 aliphatic carbocycles. The normalized spacial score (nSPS) is 21.0. The van der Waals surface area contributed by atoms with Gasteiger partial charge in [-0.05, 0) is 37.8 Å². The lowest BCUT2D eigenvalue weighted by molar-refractivity contribution is -0.137. The Hall–Kier alpha value is -2.13. The molecule has 2 aliphatic rings. The maximum absolute atomic E-state index is 12.8. The topological polar surface area (TPSA) is 63.5 Å². The van der Waals surface area contributed by atoms with E-state index in [2.05, 4.69) is 27.8 Å². The van der Waals surface area contributed by atoms with Crippen molar-refractivity contribution >= 4 is 11.7 Å². The van der Waals surface area contributed by atoms with Crippen LogP contribution in [-0.2, 0) is 4.79 Å². The van der Waals surface area contributed by atoms with Gasteiger partial charge >= 0.3 is 0 Å². The quantitative estimate of drug-likeness (QED) is 0.838. The third kappa shape index (κ3) is 4.10. The van der Waals surface area contributed by atoms with Crippen LogP contribution < -0.4 is 4.90 Å². The summed E-state index contributed by atoms with van der Waals surface area (Å²) in [6.45, 7) is 9.44. The molecule has 6 heteroatoms. The van der Waals surface area contributed by atoms with Gasteiger partial charge in [-0.15, -0.1) is 0 Å². The van der Waals surface area contributed by atoms with Crippen LogP contribution in [-0.4, -0.2) is 66.0 Å². The summed E-state index contributed by atoms with van der Waals surface area (Å²) in [6.07, 6.45) is 3.92. The zero-order valence-corrected chi connectivity index (χ0v) is 15.2. The number of carbonyl (C=O) groups excluding carboxylic acids is 1. The Morgan fingerprint density at radius 2 is 1.92 bits per heavy atom. The highest BCUT2D eigenvalue weighted by atomic mass is 16.2. The molecule has 0 bridgehead atoms. The minimum Gasteiger partial charge on any atom is -0.354 e. The monoisotopic (exact) mass is 341 g/mol. The number of amides is 1. The molecule has 25 heavy (non-hydrogen) atoms. The molecule has 0 aromatic carbocycles. The second-order valence-electron chi connectivity index (χ2n) is 7.22. The number of carbonyl (C=O) groups is 1. The first kappa shape index (κ1) is 17.7. The Labute approximate surface area is 150 Å². The minimum atomic E-state index is -0.0611. The predicted octanol–water partition coefficient (Wildman–Crippen LogP) is 1.72. The predicted molar refractivity (Wildman–Crippen MR) is 97.2 cm³/mol. The zero-order chi connectivity index (χ0) is 17.8. The molecule has 2 aliphatic heterocycles. The van der Waals surface area contributed by atoms with Gasteiger partial charge in [0.2, 0.25) is 5.91 Å². The fourth-order valence-electron chi connectivity index (χ4n) is 3.65. The largest absolute Gasteiger partial charge is 0.354 e. The lowest BCUT2D eigenvalue weighted by Gasteiger charge is -2.40. The van der Waals surface area contributed by atoms with Crippen molar-refractivity contribution in [2.75, 3.05) is 44.2 Å². The van der Waals surface area contributed by atoms with E-state index < -0.39 is 0 Å². The molecular formula is C19H27N5O. The second kappa shape index (κ2) is 7.83. The molecule has 1 amide bonds. The molecule has 0 unspecified atom stereocenters. The van der Waals surface area contributed by atoms with Crippen LogP contribution in [0.5, 0.6) is 0 Å². The first-order valence-electron chi connectivity index (χ1n) is 9.22. The molecule has 134 valence electrons. The molecule has 3 rings (SSSR count). The second-order valence-corrected chi connectivity index (χ2v) is 7.22. The number of likely N-dealkylation sites (tertiary alicyclic amines) is 1. The number of nitrogens with zero attached hydrogens (tertiary/aromatic N) is 5. The van der Waals surface area contributed by atoms with Crippen LogP contribution >= 0.6 is 0 Å². The highest BCUT2D eigenvalue weighted by Crippen LogP contribution is 2.19. The number of aromatic nitrogens is 1. The van der Waals surface area contributed by atoms with Crippen molar-refractivity contribution in [3.63, 3.8) is 0 Å². The maximum Gasteiger partial charge on any atom is 0.239 e. The van der Waals surface area contributed by atoms with Crippen molar-refractivity contribution in [2.24, 2.45) is 5.92 Å². The Morgan fingerprint density at radius 1 is 1.24 bits per heavy atom. The third-order valence-corrected chi connectivity index (χ3v) is 5.51. The minimum absolute atomic E-state index is 0.0611. The summed E-state index contributed by atoms with van der Waals surface area (Å²) in [7, 11) is 0. The molecule has 0 spiro atoms. The van der Waals surface area contributed by atoms with E-state index >= 15 is 0 Å². The van der Waals surface area contributed by atoms with Crippen LogP contribution in [0.15, 0.2) is 18.3 Å². The van der Waals surface area contributed by atoms with Crippen LogP contribution in [0.25, 0.3) is 0 Å². The van der Waals surface area contributed by atoms with Gasteiger partial charge in [0.15, 0.2) is 0 Å². The molecule has 6 nitrogen and oxygen atoms in total. The fraction of sp³-hybridized carbons (Fsp3) is 0.632. The summed E-state index contributed by atoms with van der Waals surface area (Å²) in [5.74, 6) is 1.85. The molecule has 0 radical (unpaired) electrons. The Balaban J connectivity index is 1.54. The zero-order valence-electron chi connectivity index (χ0n) is 15.2. The van der Waals surface area contributed by atoms with Gasteiger partial charge in [0.05, 0.1) is 17.7 Å². The molecule has 2 fully saturated rings. The summed E-state index contributed by atoms with van der Waals surface area (Å²) in [6, 6.07) is 5.65. The van der Waals surface area contributed by atoms with Crippen LogP contribution in [0.1, 0.15) is 32.3 Å². The third-order valence-electron chi connectivity index (χ3n) is 5.51. The van der Waals surface area contributed by atoms with Gasteiger partial charge < -0.3 is 9.80 Å². The van der Waals surface area contributed by atoms with E-state index in [0.29, 0.717) is 5.56 Å². The van der Waals surface area contributed by atoms with E-state index in [1.807, 2.05) is 17.9 Å². The molecule has 1 atom stereocenters. The van der Waals surface area contributed by atoms with E-state index in [0.717, 1.165) is 63.8 Å². The molecule has 0 N–H and O–H groups in total. The Kier molecular flexibility index (Phi) is 5.54. The average Bonchev–Trinajstić information content (AvgIpc) is 2.67. The summed E-state index contributed by atoms with van der Waals surface area (Å²) >= 11 is 0. The average molecular weight is 341 g/mol. The Bertz CT molecular complexity index is 639. The lowest BCUT2D eigenvalue weighted by Crippen LogP contribution is -2.55. The van der Waals surface area contributed by atoms with Gasteiger partial charge in [-0.2, -0.15) is 5.26 Å². The standard InChI is InChI=1S/C19H27N5O/c1-15-4-7-24(8-5-15)19(25)16(2)22-9-11-23(12-10-22)18-13-17(14-20)3-6-21-18/h3,6,13,15-16H,4-5,7-12H2,1-2H3/t16-/m1/s1. The molecule has 0 saturated carbocycles. The summed E-state index contributed by atoms with van der Waals surface area (Å²) in [4.78, 5) is 23.6. The van der Waals surface area contributed by atoms with Gasteiger partial charge in [-0.3, -0.25) is 9.69 Å². The van der Waals surface area contributed by atoms with E-state index in [1.54, 1.807) is 12.3 Å². The van der Waals surface area contributed by atoms with Crippen molar-refractivity contribution in [3.05, 3.63) is 23.9 Å². The highest BCUT2D eigenvalue weighted by molar-refractivity contribution is 5.81. The molecule has 1 aromatic heterocycles. The van der Waals surface area contributed by atoms with Crippen LogP contribution in [0.2, 0.25) is 0 Å². The SMILES string of the molecule is CC1CCN(C(=O)[C@@H](C)N2CCN(c3cc(C#N)ccn3)CC2)CC1. The van der Waals surface area contributed by atoms with Gasteiger partial charge in [-0.1, -0.05) is 6.92 Å². The number of hydrogen-bond acceptors (Lipinski definition) is 5. The fourth-order valence-corrected chi connectivity index (χ4v) is 3.65. The van der Waals surface area contributed by atoms with Crippen LogP contribution in [0.4, 0.5) is 5.82 Å². The number of piperidine rings is 1. The van der Waals surface area contributed by atoms with Crippen LogP contribution in [0.3, 0.4) is 0 Å². The van der Waals surface area contributed by atoms with E-state index in [1.165, 1.54) is 0 Å². The number of rotatable bonds is 3. The number of nitriles is 1. The van der Waals surface area contributed by atoms with Crippen molar-refractivity contribution in [1.29, 1.82) is 5.26 Å². The molecule has 1 aromatic rings. The summed E-state index contributed by atoms with van der Waals surface area (Å²) < 4.78 is 0. The van der Waals surface area contributed by atoms with Crippen molar-refractivity contribution in [3.8, 4) is 6.07 Å². The van der Waals surface area contributed by atoms with Crippen molar-refractivity contribution < 1.29 is 4.79 Å². The van der Waals surface area contributed by atoms with E-state index in [-0.39, 0.29) is 11.9 Å². The smallest absolute Gasteiger partial charge is 0.239 e. The van der Waals surface area contributed by atoms with Gasteiger partial charge in [0.25, 0.3) is 0 Å². The van der Waals surface area contributed by atoms with Crippen molar-refractivity contribution in [2.45, 2.75) is 32.7 Å². The molecule has 2 saturated heterocycles. The maximum atomic E-state index is 12.8. The lowest BCUT2D eigenvalue weighted by atomic mass is 9.98. The van der Waals surface area contributed by atoms with E-state index in [4.69, 9.17) is 5.26 Å². The van der Waals surface area contributed by atoms with Gasteiger partial charge in [0, 0.05) is 45.5 Å². The van der Waals surface area contributed by atoms with Crippen LogP contribution in [0, 0.1) is 17.2 Å². The van der Waals surface area contributed by atoms with Crippen molar-refractivity contribution in [1.82, 2.24) is 14.8 Å². The van der Waals surface area contributed by atoms with Gasteiger partial charge in [0.1, 0.15) is 5.82 Å². The number of hydrogen-bond donors (Lipinski definition) is 0. The summed E-state index contributed by atoms with van der Waals surface area (Å²) in [5, 5.41) is 9.03. The van der Waals surface area contributed by atoms with E-state index in [9.17, 15) is 4.79 Å².